The van der Waals surface area contributed by atoms with Crippen LogP contribution in [0.5, 0.6) is 11.5 Å². The van der Waals surface area contributed by atoms with Gasteiger partial charge in [0.1, 0.15) is 0 Å². The molecular formula is C21H23N3O3S. The van der Waals surface area contributed by atoms with Crippen LogP contribution < -0.4 is 25.4 Å². The van der Waals surface area contributed by atoms with Gasteiger partial charge < -0.3 is 25.4 Å². The minimum atomic E-state index is -0.418. The molecule has 1 aliphatic heterocycles. The van der Waals surface area contributed by atoms with Crippen molar-refractivity contribution >= 4 is 28.9 Å². The Morgan fingerprint density at radius 3 is 2.50 bits per heavy atom. The summed E-state index contributed by atoms with van der Waals surface area (Å²) in [6.07, 6.45) is 0. The number of hydrogen-bond donors (Lipinski definition) is 3. The van der Waals surface area contributed by atoms with Crippen molar-refractivity contribution in [2.75, 3.05) is 19.5 Å². The lowest BCUT2D eigenvalue weighted by atomic mass is 9.94. The molecule has 2 aromatic rings. The van der Waals surface area contributed by atoms with Crippen molar-refractivity contribution in [2.24, 2.45) is 0 Å². The van der Waals surface area contributed by atoms with Crippen LogP contribution in [0.1, 0.15) is 24.1 Å². The molecule has 3 N–H and O–H groups in total. The van der Waals surface area contributed by atoms with Crippen molar-refractivity contribution in [3.05, 3.63) is 64.9 Å². The number of ether oxygens (including phenoxy) is 2. The first-order chi connectivity index (χ1) is 13.4. The van der Waals surface area contributed by atoms with Gasteiger partial charge in [-0.2, -0.15) is 0 Å². The summed E-state index contributed by atoms with van der Waals surface area (Å²) in [6, 6.07) is 12.8. The molecule has 0 aliphatic carbocycles. The predicted molar refractivity (Wildman–Crippen MR) is 114 cm³/mol. The van der Waals surface area contributed by atoms with Gasteiger partial charge in [0.25, 0.3) is 5.91 Å². The van der Waals surface area contributed by atoms with Crippen LogP contribution in [0, 0.1) is 6.92 Å². The van der Waals surface area contributed by atoms with Gasteiger partial charge in [-0.3, -0.25) is 4.79 Å². The van der Waals surface area contributed by atoms with Gasteiger partial charge in [0.15, 0.2) is 16.6 Å². The fourth-order valence-corrected chi connectivity index (χ4v) is 3.47. The molecule has 0 unspecified atom stereocenters. The molecule has 2 aromatic carbocycles. The second-order valence-corrected chi connectivity index (χ2v) is 6.92. The van der Waals surface area contributed by atoms with Gasteiger partial charge in [-0.15, -0.1) is 0 Å². The zero-order chi connectivity index (χ0) is 20.3. The highest BCUT2D eigenvalue weighted by Crippen LogP contribution is 2.34. The van der Waals surface area contributed by atoms with Gasteiger partial charge >= 0.3 is 0 Å². The Hall–Kier alpha value is -3.06. The van der Waals surface area contributed by atoms with Gasteiger partial charge in [-0.05, 0) is 61.5 Å². The molecule has 0 aromatic heterocycles. The summed E-state index contributed by atoms with van der Waals surface area (Å²) in [5, 5.41) is 9.66. The Kier molecular flexibility index (Phi) is 5.84. The quantitative estimate of drug-likeness (QED) is 0.672. The molecule has 0 saturated heterocycles. The molecule has 0 saturated carbocycles. The predicted octanol–water partition coefficient (Wildman–Crippen LogP) is 3.44. The van der Waals surface area contributed by atoms with E-state index in [0.717, 1.165) is 16.8 Å². The van der Waals surface area contributed by atoms with E-state index in [2.05, 4.69) is 16.0 Å². The van der Waals surface area contributed by atoms with Crippen molar-refractivity contribution < 1.29 is 14.3 Å². The van der Waals surface area contributed by atoms with E-state index in [9.17, 15) is 4.79 Å². The fraction of sp³-hybridized carbons (Fsp3) is 0.238. The number of rotatable bonds is 5. The highest BCUT2D eigenvalue weighted by atomic mass is 32.1. The van der Waals surface area contributed by atoms with E-state index in [1.54, 1.807) is 14.2 Å². The molecule has 1 atom stereocenters. The maximum Gasteiger partial charge on any atom is 0.255 e. The molecule has 146 valence electrons. The van der Waals surface area contributed by atoms with Crippen molar-refractivity contribution in [3.8, 4) is 11.5 Å². The SMILES string of the molecule is COc1ccc([C@@H]2NC(=S)NC(C)=C2C(=O)Nc2cccc(C)c2)cc1OC. The van der Waals surface area contributed by atoms with E-state index >= 15 is 0 Å². The molecule has 1 amide bonds. The van der Waals surface area contributed by atoms with Crippen LogP contribution in [0.2, 0.25) is 0 Å². The number of allylic oxidation sites excluding steroid dienone is 1. The minimum absolute atomic E-state index is 0.203. The van der Waals surface area contributed by atoms with Gasteiger partial charge in [0.05, 0.1) is 25.8 Å². The van der Waals surface area contributed by atoms with E-state index in [4.69, 9.17) is 21.7 Å². The van der Waals surface area contributed by atoms with E-state index in [0.29, 0.717) is 27.9 Å². The van der Waals surface area contributed by atoms with E-state index in [1.165, 1.54) is 0 Å². The highest BCUT2D eigenvalue weighted by molar-refractivity contribution is 7.80. The van der Waals surface area contributed by atoms with Gasteiger partial charge in [0.2, 0.25) is 0 Å². The number of aryl methyl sites for hydroxylation is 1. The summed E-state index contributed by atoms with van der Waals surface area (Å²) in [5.74, 6) is 1.00. The number of hydrogen-bond acceptors (Lipinski definition) is 4. The number of nitrogens with one attached hydrogen (secondary N) is 3. The normalized spacial score (nSPS) is 16.1. The molecule has 0 fully saturated rings. The maximum absolute atomic E-state index is 13.1. The third kappa shape index (κ3) is 4.09. The van der Waals surface area contributed by atoms with Crippen molar-refractivity contribution in [1.82, 2.24) is 10.6 Å². The Morgan fingerprint density at radius 2 is 1.82 bits per heavy atom. The zero-order valence-corrected chi connectivity index (χ0v) is 17.1. The van der Waals surface area contributed by atoms with Crippen molar-refractivity contribution in [2.45, 2.75) is 19.9 Å². The number of carbonyl (C=O) groups excluding carboxylic acids is 1. The van der Waals surface area contributed by atoms with Crippen LogP contribution in [-0.2, 0) is 4.79 Å². The van der Waals surface area contributed by atoms with Crippen molar-refractivity contribution in [3.63, 3.8) is 0 Å². The van der Waals surface area contributed by atoms with E-state index in [-0.39, 0.29) is 5.91 Å². The van der Waals surface area contributed by atoms with Crippen LogP contribution in [-0.4, -0.2) is 25.2 Å². The Bertz CT molecular complexity index is 956. The average Bonchev–Trinajstić information content (AvgIpc) is 2.66. The van der Waals surface area contributed by atoms with Gasteiger partial charge in [0, 0.05) is 11.4 Å². The molecule has 0 radical (unpaired) electrons. The Morgan fingerprint density at radius 1 is 1.07 bits per heavy atom. The van der Waals surface area contributed by atoms with E-state index < -0.39 is 6.04 Å². The molecule has 3 rings (SSSR count). The zero-order valence-electron chi connectivity index (χ0n) is 16.3. The summed E-state index contributed by atoms with van der Waals surface area (Å²) in [7, 11) is 3.16. The number of benzene rings is 2. The second-order valence-electron chi connectivity index (χ2n) is 6.51. The smallest absolute Gasteiger partial charge is 0.255 e. The molecule has 28 heavy (non-hydrogen) atoms. The molecule has 1 aliphatic rings. The van der Waals surface area contributed by atoms with Gasteiger partial charge in [-0.1, -0.05) is 18.2 Å². The Balaban J connectivity index is 1.98. The largest absolute Gasteiger partial charge is 0.493 e. The molecule has 1 heterocycles. The minimum Gasteiger partial charge on any atom is -0.493 e. The number of thiocarbonyl (C=S) groups is 1. The third-order valence-corrected chi connectivity index (χ3v) is 4.75. The number of methoxy groups -OCH3 is 2. The first-order valence-corrected chi connectivity index (χ1v) is 9.22. The Labute approximate surface area is 169 Å². The highest BCUT2D eigenvalue weighted by Gasteiger charge is 2.30. The van der Waals surface area contributed by atoms with Crippen LogP contribution in [0.15, 0.2) is 53.7 Å². The summed E-state index contributed by atoms with van der Waals surface area (Å²) in [6.45, 7) is 3.82. The molecule has 6 nitrogen and oxygen atoms in total. The molecular weight excluding hydrogens is 374 g/mol. The summed E-state index contributed by atoms with van der Waals surface area (Å²) < 4.78 is 10.7. The van der Waals surface area contributed by atoms with Crippen LogP contribution in [0.4, 0.5) is 5.69 Å². The first-order valence-electron chi connectivity index (χ1n) is 8.81. The standard InChI is InChI=1S/C21H23N3O3S/c1-12-6-5-7-15(10-12)23-20(25)18-13(2)22-21(28)24-19(18)14-8-9-16(26-3)17(11-14)27-4/h5-11,19H,1-4H3,(H,23,25)(H2,22,24,28)/t19-/m0/s1. The monoisotopic (exact) mass is 397 g/mol. The average molecular weight is 398 g/mol. The van der Waals surface area contributed by atoms with Crippen LogP contribution in [0.25, 0.3) is 0 Å². The topological polar surface area (TPSA) is 71.6 Å². The number of amides is 1. The number of carbonyl (C=O) groups is 1. The second kappa shape index (κ2) is 8.31. The summed E-state index contributed by atoms with van der Waals surface area (Å²) in [4.78, 5) is 13.1. The lowest BCUT2D eigenvalue weighted by Crippen LogP contribution is -2.45. The molecule has 7 heteroatoms. The first kappa shape index (κ1) is 19.7. The van der Waals surface area contributed by atoms with E-state index in [1.807, 2.05) is 56.3 Å². The third-order valence-electron chi connectivity index (χ3n) is 4.53. The fourth-order valence-electron chi connectivity index (χ4n) is 3.20. The number of anilines is 1. The maximum atomic E-state index is 13.1. The summed E-state index contributed by atoms with van der Waals surface area (Å²) >= 11 is 5.31. The summed E-state index contributed by atoms with van der Waals surface area (Å²) in [5.41, 5.74) is 3.91. The van der Waals surface area contributed by atoms with Crippen LogP contribution >= 0.6 is 12.2 Å². The molecule has 0 bridgehead atoms. The lowest BCUT2D eigenvalue weighted by Gasteiger charge is -2.30. The van der Waals surface area contributed by atoms with Crippen molar-refractivity contribution in [1.29, 1.82) is 0 Å². The lowest BCUT2D eigenvalue weighted by molar-refractivity contribution is -0.113. The molecule has 0 spiro atoms. The van der Waals surface area contributed by atoms with Crippen LogP contribution in [0.3, 0.4) is 0 Å². The van der Waals surface area contributed by atoms with Gasteiger partial charge in [-0.25, -0.2) is 0 Å².